The van der Waals surface area contributed by atoms with E-state index in [2.05, 4.69) is 15.6 Å². The maximum absolute atomic E-state index is 11.6. The predicted octanol–water partition coefficient (Wildman–Crippen LogP) is 2.10. The van der Waals surface area contributed by atoms with Gasteiger partial charge in [-0.1, -0.05) is 18.2 Å². The molecule has 0 aliphatic heterocycles. The lowest BCUT2D eigenvalue weighted by molar-refractivity contribution is -0.380. The van der Waals surface area contributed by atoms with E-state index >= 15 is 0 Å². The first-order valence-electron chi connectivity index (χ1n) is 5.34. The second-order valence-corrected chi connectivity index (χ2v) is 4.54. The summed E-state index contributed by atoms with van der Waals surface area (Å²) in [7, 11) is 0. The first kappa shape index (κ1) is 13.0. The molecule has 1 amide bonds. The molecule has 1 aromatic carbocycles. The Kier molecular flexibility index (Phi) is 4.04. The van der Waals surface area contributed by atoms with Gasteiger partial charge >= 0.3 is 5.00 Å². The Morgan fingerprint density at radius 1 is 1.37 bits per heavy atom. The molecule has 2 N–H and O–H groups in total. The Bertz CT molecular complexity index is 585. The van der Waals surface area contributed by atoms with Crippen molar-refractivity contribution in [1.82, 2.24) is 4.98 Å². The second kappa shape index (κ2) is 5.91. The molecule has 1 heterocycles. The molecule has 1 aromatic heterocycles. The highest BCUT2D eigenvalue weighted by atomic mass is 32.1. The molecular weight excluding hydrogens is 268 g/mol. The molecule has 0 aliphatic carbocycles. The Hall–Kier alpha value is -2.48. The monoisotopic (exact) mass is 278 g/mol. The van der Waals surface area contributed by atoms with Crippen LogP contribution in [0.1, 0.15) is 0 Å². The topological polar surface area (TPSA) is 97.2 Å². The van der Waals surface area contributed by atoms with Gasteiger partial charge in [0.15, 0.2) is 5.13 Å². The summed E-state index contributed by atoms with van der Waals surface area (Å²) in [6, 6.07) is 9.25. The lowest BCUT2D eigenvalue weighted by Gasteiger charge is -2.05. The van der Waals surface area contributed by atoms with Crippen molar-refractivity contribution in [3.63, 3.8) is 0 Å². The van der Waals surface area contributed by atoms with E-state index in [1.807, 2.05) is 30.3 Å². The number of carbonyl (C=O) groups is 1. The molecule has 0 spiro atoms. The van der Waals surface area contributed by atoms with Crippen LogP contribution in [0.15, 0.2) is 36.5 Å². The zero-order valence-electron chi connectivity index (χ0n) is 9.70. The number of para-hydroxylation sites is 1. The first-order chi connectivity index (χ1) is 9.15. The number of anilines is 2. The molecule has 7 nitrogen and oxygen atoms in total. The SMILES string of the molecule is O=C(CNc1ccccc1)Nc1ncc([N+](=O)[O-])s1. The normalized spacial score (nSPS) is 9.89. The van der Waals surface area contributed by atoms with Gasteiger partial charge in [-0.3, -0.25) is 14.9 Å². The van der Waals surface area contributed by atoms with E-state index in [4.69, 9.17) is 0 Å². The van der Waals surface area contributed by atoms with Gasteiger partial charge in [0.1, 0.15) is 6.20 Å². The number of carbonyl (C=O) groups excluding carboxylic acids is 1. The van der Waals surface area contributed by atoms with Crippen molar-refractivity contribution in [2.75, 3.05) is 17.2 Å². The van der Waals surface area contributed by atoms with Crippen molar-refractivity contribution in [2.45, 2.75) is 0 Å². The second-order valence-electron chi connectivity index (χ2n) is 3.53. The van der Waals surface area contributed by atoms with E-state index in [1.165, 1.54) is 0 Å². The average Bonchev–Trinajstić information content (AvgIpc) is 2.86. The van der Waals surface area contributed by atoms with Gasteiger partial charge in [-0.05, 0) is 23.5 Å². The summed E-state index contributed by atoms with van der Waals surface area (Å²) in [6.07, 6.45) is 1.12. The lowest BCUT2D eigenvalue weighted by Crippen LogP contribution is -2.21. The lowest BCUT2D eigenvalue weighted by atomic mass is 10.3. The third-order valence-corrected chi connectivity index (χ3v) is 3.01. The number of amides is 1. The van der Waals surface area contributed by atoms with Gasteiger partial charge < -0.3 is 10.6 Å². The van der Waals surface area contributed by atoms with Crippen LogP contribution in [0.4, 0.5) is 15.8 Å². The molecule has 0 atom stereocenters. The van der Waals surface area contributed by atoms with Gasteiger partial charge in [-0.15, -0.1) is 0 Å². The number of hydrogen-bond acceptors (Lipinski definition) is 6. The quantitative estimate of drug-likeness (QED) is 0.644. The highest BCUT2D eigenvalue weighted by Gasteiger charge is 2.13. The minimum absolute atomic E-state index is 0.0669. The van der Waals surface area contributed by atoms with E-state index in [9.17, 15) is 14.9 Å². The minimum Gasteiger partial charge on any atom is -0.376 e. The van der Waals surface area contributed by atoms with Crippen LogP contribution in [0.2, 0.25) is 0 Å². The summed E-state index contributed by atoms with van der Waals surface area (Å²) in [5.41, 5.74) is 0.822. The fraction of sp³-hybridized carbons (Fsp3) is 0.0909. The number of nitrogens with one attached hydrogen (secondary N) is 2. The standard InChI is InChI=1S/C11H10N4O3S/c16-9(6-12-8-4-2-1-3-5-8)14-11-13-7-10(19-11)15(17)18/h1-5,7,12H,6H2,(H,13,14,16). The zero-order chi connectivity index (χ0) is 13.7. The Morgan fingerprint density at radius 3 is 2.74 bits per heavy atom. The maximum Gasteiger partial charge on any atom is 0.345 e. The van der Waals surface area contributed by atoms with Crippen LogP contribution in [0.25, 0.3) is 0 Å². The number of nitrogens with zero attached hydrogens (tertiary/aromatic N) is 2. The van der Waals surface area contributed by atoms with Crippen molar-refractivity contribution in [3.05, 3.63) is 46.6 Å². The number of thiazole rings is 1. The van der Waals surface area contributed by atoms with Crippen LogP contribution in [0.3, 0.4) is 0 Å². The van der Waals surface area contributed by atoms with Crippen LogP contribution in [-0.4, -0.2) is 22.4 Å². The van der Waals surface area contributed by atoms with Gasteiger partial charge in [0.05, 0.1) is 11.5 Å². The smallest absolute Gasteiger partial charge is 0.345 e. The van der Waals surface area contributed by atoms with E-state index in [1.54, 1.807) is 0 Å². The molecule has 0 aliphatic rings. The number of rotatable bonds is 5. The summed E-state index contributed by atoms with van der Waals surface area (Å²) in [4.78, 5) is 25.3. The molecule has 2 rings (SSSR count). The van der Waals surface area contributed by atoms with E-state index < -0.39 is 4.92 Å². The molecule has 98 valence electrons. The molecule has 0 bridgehead atoms. The van der Waals surface area contributed by atoms with E-state index in [0.717, 1.165) is 23.2 Å². The Balaban J connectivity index is 1.85. The van der Waals surface area contributed by atoms with Crippen molar-refractivity contribution in [3.8, 4) is 0 Å². The van der Waals surface area contributed by atoms with Crippen molar-refractivity contribution in [1.29, 1.82) is 0 Å². The first-order valence-corrected chi connectivity index (χ1v) is 6.16. The van der Waals surface area contributed by atoms with Crippen LogP contribution >= 0.6 is 11.3 Å². The molecule has 0 unspecified atom stereocenters. The molecule has 0 radical (unpaired) electrons. The van der Waals surface area contributed by atoms with Crippen LogP contribution < -0.4 is 10.6 Å². The fourth-order valence-corrected chi connectivity index (χ4v) is 1.96. The summed E-state index contributed by atoms with van der Waals surface area (Å²) < 4.78 is 0. The molecule has 0 saturated heterocycles. The average molecular weight is 278 g/mol. The fourth-order valence-electron chi connectivity index (χ4n) is 1.31. The molecule has 2 aromatic rings. The molecule has 19 heavy (non-hydrogen) atoms. The number of nitro groups is 1. The van der Waals surface area contributed by atoms with Gasteiger partial charge in [0.2, 0.25) is 5.91 Å². The number of hydrogen-bond donors (Lipinski definition) is 2. The third-order valence-electron chi connectivity index (χ3n) is 2.15. The van der Waals surface area contributed by atoms with Gasteiger partial charge in [0, 0.05) is 5.69 Å². The molecule has 0 saturated carbocycles. The highest BCUT2D eigenvalue weighted by molar-refractivity contribution is 7.18. The Morgan fingerprint density at radius 2 is 2.11 bits per heavy atom. The third kappa shape index (κ3) is 3.75. The van der Waals surface area contributed by atoms with Crippen molar-refractivity contribution in [2.24, 2.45) is 0 Å². The van der Waals surface area contributed by atoms with Gasteiger partial charge in [0.25, 0.3) is 0 Å². The molecular formula is C11H10N4O3S. The number of aromatic nitrogens is 1. The van der Waals surface area contributed by atoms with Crippen LogP contribution in [0.5, 0.6) is 0 Å². The number of benzene rings is 1. The van der Waals surface area contributed by atoms with Gasteiger partial charge in [-0.25, -0.2) is 4.98 Å². The van der Waals surface area contributed by atoms with Crippen LogP contribution in [-0.2, 0) is 4.79 Å². The molecule has 0 fully saturated rings. The maximum atomic E-state index is 11.6. The predicted molar refractivity (Wildman–Crippen MR) is 72.3 cm³/mol. The summed E-state index contributed by atoms with van der Waals surface area (Å²) >= 11 is 0.821. The van der Waals surface area contributed by atoms with Crippen molar-refractivity contribution >= 4 is 33.1 Å². The Labute approximate surface area is 112 Å². The van der Waals surface area contributed by atoms with Gasteiger partial charge in [-0.2, -0.15) is 0 Å². The minimum atomic E-state index is -0.546. The van der Waals surface area contributed by atoms with E-state index in [-0.39, 0.29) is 22.6 Å². The van der Waals surface area contributed by atoms with Crippen LogP contribution in [0, 0.1) is 10.1 Å². The zero-order valence-corrected chi connectivity index (χ0v) is 10.5. The largest absolute Gasteiger partial charge is 0.376 e. The summed E-state index contributed by atoms with van der Waals surface area (Å²) in [5.74, 6) is -0.312. The highest BCUT2D eigenvalue weighted by Crippen LogP contribution is 2.24. The van der Waals surface area contributed by atoms with E-state index in [0.29, 0.717) is 0 Å². The van der Waals surface area contributed by atoms with Crippen molar-refractivity contribution < 1.29 is 9.72 Å². The summed E-state index contributed by atoms with van der Waals surface area (Å²) in [5, 5.41) is 16.0. The molecule has 8 heteroatoms. The summed E-state index contributed by atoms with van der Waals surface area (Å²) in [6.45, 7) is 0.0669.